The van der Waals surface area contributed by atoms with E-state index in [1.165, 1.54) is 0 Å². The van der Waals surface area contributed by atoms with Crippen molar-refractivity contribution in [1.29, 1.82) is 0 Å². The van der Waals surface area contributed by atoms with Gasteiger partial charge in [0, 0.05) is 23.8 Å². The van der Waals surface area contributed by atoms with Gasteiger partial charge in [-0.25, -0.2) is 0 Å². The van der Waals surface area contributed by atoms with E-state index in [1.54, 1.807) is 34.8 Å². The second-order valence-electron chi connectivity index (χ2n) is 8.39. The van der Waals surface area contributed by atoms with Crippen LogP contribution in [-0.2, 0) is 4.79 Å². The molecule has 8 heteroatoms. The second-order valence-corrected chi connectivity index (χ2v) is 9.00. The molecule has 0 radical (unpaired) electrons. The number of aryl methyl sites for hydroxylation is 3. The SMILES string of the molecule is Cc1cc(C)c(N(C(=O)c2csnn2)[C@H](C(=O)NC2CCCC2)c2ccncc2)c(C)c1. The molecule has 3 aromatic rings. The van der Waals surface area contributed by atoms with E-state index >= 15 is 0 Å². The Balaban J connectivity index is 1.86. The first-order chi connectivity index (χ1) is 15.5. The van der Waals surface area contributed by atoms with Gasteiger partial charge in [-0.1, -0.05) is 35.0 Å². The summed E-state index contributed by atoms with van der Waals surface area (Å²) in [4.78, 5) is 33.2. The lowest BCUT2D eigenvalue weighted by Crippen LogP contribution is -2.47. The Morgan fingerprint density at radius 2 is 1.75 bits per heavy atom. The molecule has 7 nitrogen and oxygen atoms in total. The summed E-state index contributed by atoms with van der Waals surface area (Å²) in [6, 6.07) is 6.91. The van der Waals surface area contributed by atoms with Gasteiger partial charge in [-0.15, -0.1) is 5.10 Å². The Morgan fingerprint density at radius 1 is 1.09 bits per heavy atom. The summed E-state index contributed by atoms with van der Waals surface area (Å²) < 4.78 is 3.87. The van der Waals surface area contributed by atoms with Gasteiger partial charge >= 0.3 is 0 Å². The molecule has 2 amide bonds. The van der Waals surface area contributed by atoms with Crippen molar-refractivity contribution in [2.45, 2.75) is 58.5 Å². The minimum Gasteiger partial charge on any atom is -0.351 e. The van der Waals surface area contributed by atoms with Crippen LogP contribution in [-0.4, -0.2) is 32.4 Å². The predicted octanol–water partition coefficient (Wildman–Crippen LogP) is 4.31. The van der Waals surface area contributed by atoms with Crippen molar-refractivity contribution < 1.29 is 9.59 Å². The number of anilines is 1. The maximum atomic E-state index is 13.8. The van der Waals surface area contributed by atoms with Crippen molar-refractivity contribution in [1.82, 2.24) is 19.9 Å². The van der Waals surface area contributed by atoms with Crippen molar-refractivity contribution in [2.24, 2.45) is 0 Å². The van der Waals surface area contributed by atoms with Gasteiger partial charge in [-0.3, -0.25) is 19.5 Å². The van der Waals surface area contributed by atoms with Gasteiger partial charge in [0.1, 0.15) is 6.04 Å². The highest BCUT2D eigenvalue weighted by molar-refractivity contribution is 7.03. The molecule has 4 rings (SSSR count). The van der Waals surface area contributed by atoms with Gasteiger partial charge in [0.05, 0.1) is 5.69 Å². The molecule has 0 saturated heterocycles. The van der Waals surface area contributed by atoms with Crippen LogP contribution in [0.2, 0.25) is 0 Å². The maximum Gasteiger partial charge on any atom is 0.280 e. The third-order valence-corrected chi connectivity index (χ3v) is 6.41. The molecule has 1 atom stereocenters. The zero-order valence-corrected chi connectivity index (χ0v) is 19.4. The topological polar surface area (TPSA) is 88.1 Å². The molecule has 0 unspecified atom stereocenters. The average Bonchev–Trinajstić information content (AvgIpc) is 3.47. The van der Waals surface area contributed by atoms with Crippen molar-refractivity contribution in [2.75, 3.05) is 4.90 Å². The number of amides is 2. The predicted molar refractivity (Wildman–Crippen MR) is 125 cm³/mol. The summed E-state index contributed by atoms with van der Waals surface area (Å²) in [5, 5.41) is 8.82. The molecule has 1 saturated carbocycles. The number of carbonyl (C=O) groups excluding carboxylic acids is 2. The lowest BCUT2D eigenvalue weighted by atomic mass is 9.98. The molecule has 166 valence electrons. The molecular weight excluding hydrogens is 422 g/mol. The number of nitrogens with one attached hydrogen (secondary N) is 1. The van der Waals surface area contributed by atoms with E-state index in [9.17, 15) is 9.59 Å². The lowest BCUT2D eigenvalue weighted by Gasteiger charge is -2.34. The summed E-state index contributed by atoms with van der Waals surface area (Å²) >= 11 is 1.11. The Bertz CT molecular complexity index is 1070. The van der Waals surface area contributed by atoms with Crippen LogP contribution >= 0.6 is 11.5 Å². The minimum atomic E-state index is -0.854. The first-order valence-corrected chi connectivity index (χ1v) is 11.7. The first kappa shape index (κ1) is 22.1. The number of hydrogen-bond donors (Lipinski definition) is 1. The molecule has 2 aromatic heterocycles. The molecule has 0 spiro atoms. The highest BCUT2D eigenvalue weighted by Crippen LogP contribution is 2.35. The van der Waals surface area contributed by atoms with Crippen molar-refractivity contribution in [3.8, 4) is 0 Å². The molecule has 1 fully saturated rings. The Kier molecular flexibility index (Phi) is 6.60. The molecule has 2 heterocycles. The second kappa shape index (κ2) is 9.56. The quantitative estimate of drug-likeness (QED) is 0.606. The van der Waals surface area contributed by atoms with E-state index in [0.717, 1.165) is 59.6 Å². The third kappa shape index (κ3) is 4.55. The number of hydrogen-bond acceptors (Lipinski definition) is 6. The maximum absolute atomic E-state index is 13.8. The molecule has 0 aliphatic heterocycles. The molecule has 0 bridgehead atoms. The normalized spacial score (nSPS) is 14.8. The minimum absolute atomic E-state index is 0.130. The van der Waals surface area contributed by atoms with E-state index in [0.29, 0.717) is 5.56 Å². The van der Waals surface area contributed by atoms with E-state index < -0.39 is 6.04 Å². The zero-order valence-electron chi connectivity index (χ0n) is 18.5. The smallest absolute Gasteiger partial charge is 0.280 e. The van der Waals surface area contributed by atoms with E-state index in [-0.39, 0.29) is 23.6 Å². The number of carbonyl (C=O) groups is 2. The summed E-state index contributed by atoms with van der Waals surface area (Å²) in [5.74, 6) is -0.545. The van der Waals surface area contributed by atoms with Gasteiger partial charge in [0.15, 0.2) is 5.69 Å². The average molecular weight is 450 g/mol. The largest absolute Gasteiger partial charge is 0.351 e. The van der Waals surface area contributed by atoms with Crippen LogP contribution in [0.3, 0.4) is 0 Å². The monoisotopic (exact) mass is 449 g/mol. The van der Waals surface area contributed by atoms with Gasteiger partial charge in [-0.05, 0) is 74.0 Å². The van der Waals surface area contributed by atoms with Crippen LogP contribution in [0.15, 0.2) is 42.0 Å². The molecule has 1 aliphatic rings. The summed E-state index contributed by atoms with van der Waals surface area (Å²) in [6.07, 6.45) is 7.42. The van der Waals surface area contributed by atoms with Gasteiger partial charge in [0.25, 0.3) is 5.91 Å². The van der Waals surface area contributed by atoms with Crippen molar-refractivity contribution in [3.05, 3.63) is 70.0 Å². The number of pyridine rings is 1. The number of aromatic nitrogens is 3. The fraction of sp³-hybridized carbons (Fsp3) is 0.375. The molecule has 32 heavy (non-hydrogen) atoms. The number of nitrogens with zero attached hydrogens (tertiary/aromatic N) is 4. The standard InChI is InChI=1S/C24H27N5O2S/c1-15-12-16(2)21(17(3)13-15)29(24(31)20-14-32-28-27-20)22(18-8-10-25-11-9-18)23(30)26-19-6-4-5-7-19/h8-14,19,22H,4-7H2,1-3H3,(H,26,30)/t22-/m0/s1. The van der Waals surface area contributed by atoms with E-state index in [2.05, 4.69) is 19.9 Å². The Hall–Kier alpha value is -3.13. The molecule has 1 aromatic carbocycles. The zero-order chi connectivity index (χ0) is 22.7. The molecule has 1 aliphatic carbocycles. The van der Waals surface area contributed by atoms with E-state index in [1.807, 2.05) is 32.9 Å². The first-order valence-electron chi connectivity index (χ1n) is 10.8. The highest BCUT2D eigenvalue weighted by atomic mass is 32.1. The van der Waals surface area contributed by atoms with Crippen LogP contribution in [0.4, 0.5) is 5.69 Å². The lowest BCUT2D eigenvalue weighted by molar-refractivity contribution is -0.123. The van der Waals surface area contributed by atoms with Gasteiger partial charge in [0.2, 0.25) is 5.91 Å². The van der Waals surface area contributed by atoms with Crippen LogP contribution < -0.4 is 10.2 Å². The Morgan fingerprint density at radius 3 is 2.34 bits per heavy atom. The number of rotatable bonds is 6. The van der Waals surface area contributed by atoms with Crippen molar-refractivity contribution >= 4 is 29.0 Å². The van der Waals surface area contributed by atoms with Crippen molar-refractivity contribution in [3.63, 3.8) is 0 Å². The van der Waals surface area contributed by atoms with Gasteiger partial charge in [-0.2, -0.15) is 0 Å². The summed E-state index contributed by atoms with van der Waals surface area (Å²) in [6.45, 7) is 5.95. The fourth-order valence-corrected chi connectivity index (χ4v) is 5.03. The molecular formula is C24H27N5O2S. The summed E-state index contributed by atoms with van der Waals surface area (Å²) in [5.41, 5.74) is 4.59. The van der Waals surface area contributed by atoms with Gasteiger partial charge < -0.3 is 5.32 Å². The number of benzene rings is 1. The molecule has 1 N–H and O–H groups in total. The van der Waals surface area contributed by atoms with Crippen LogP contribution in [0.5, 0.6) is 0 Å². The van der Waals surface area contributed by atoms with Crippen LogP contribution in [0.1, 0.15) is 64.5 Å². The van der Waals surface area contributed by atoms with Crippen LogP contribution in [0, 0.1) is 20.8 Å². The fourth-order valence-electron chi connectivity index (χ4n) is 4.60. The summed E-state index contributed by atoms with van der Waals surface area (Å²) in [7, 11) is 0. The highest BCUT2D eigenvalue weighted by Gasteiger charge is 2.37. The Labute approximate surface area is 192 Å². The third-order valence-electron chi connectivity index (χ3n) is 5.90. The van der Waals surface area contributed by atoms with Crippen LogP contribution in [0.25, 0.3) is 0 Å². The van der Waals surface area contributed by atoms with E-state index in [4.69, 9.17) is 0 Å².